The zero-order chi connectivity index (χ0) is 11.9. The summed E-state index contributed by atoms with van der Waals surface area (Å²) in [5, 5.41) is 0. The fourth-order valence-electron chi connectivity index (χ4n) is 2.87. The molecule has 0 fully saturated rings. The molecule has 0 aliphatic heterocycles. The van der Waals surface area contributed by atoms with Crippen LogP contribution in [0, 0.1) is 5.41 Å². The van der Waals surface area contributed by atoms with Crippen LogP contribution >= 0.6 is 0 Å². The molecule has 0 heterocycles. The Hall–Kier alpha value is -1.60. The second-order valence-corrected chi connectivity index (χ2v) is 5.05. The van der Waals surface area contributed by atoms with Gasteiger partial charge in [0.1, 0.15) is 0 Å². The summed E-state index contributed by atoms with van der Waals surface area (Å²) < 4.78 is 0. The Morgan fingerprint density at radius 1 is 1.18 bits per heavy atom. The molecule has 2 N–H and O–H groups in total. The van der Waals surface area contributed by atoms with Crippen LogP contribution in [0.2, 0.25) is 0 Å². The van der Waals surface area contributed by atoms with Crippen LogP contribution in [0.25, 0.3) is 0 Å². The van der Waals surface area contributed by atoms with E-state index in [4.69, 9.17) is 5.73 Å². The van der Waals surface area contributed by atoms with E-state index in [-0.39, 0.29) is 11.5 Å². The highest BCUT2D eigenvalue weighted by molar-refractivity contribution is 5.57. The summed E-state index contributed by atoms with van der Waals surface area (Å²) in [4.78, 5) is 0. The largest absolute Gasteiger partial charge is 0.323 e. The van der Waals surface area contributed by atoms with Crippen LogP contribution < -0.4 is 5.73 Å². The molecule has 0 aromatic rings. The number of rotatable bonds is 0. The maximum atomic E-state index is 6.43. The van der Waals surface area contributed by atoms with Crippen LogP contribution in [0.3, 0.4) is 0 Å². The monoisotopic (exact) mass is 223 g/mol. The molecule has 3 rings (SSSR count). The predicted molar refractivity (Wildman–Crippen MR) is 72.4 cm³/mol. The highest BCUT2D eigenvalue weighted by atomic mass is 14.7. The lowest BCUT2D eigenvalue weighted by Gasteiger charge is -2.42. The lowest BCUT2D eigenvalue weighted by molar-refractivity contribution is 0.436. The molecule has 3 aliphatic rings. The molecule has 0 aromatic carbocycles. The lowest BCUT2D eigenvalue weighted by atomic mass is 9.64. The molecule has 2 bridgehead atoms. The molecule has 1 heteroatoms. The Balaban J connectivity index is 2.26. The highest BCUT2D eigenvalue weighted by Gasteiger charge is 2.39. The van der Waals surface area contributed by atoms with Gasteiger partial charge in [0, 0.05) is 11.5 Å². The summed E-state index contributed by atoms with van der Waals surface area (Å²) in [6, 6.07) is 0.0465. The molecule has 0 aromatic heterocycles. The topological polar surface area (TPSA) is 26.0 Å². The quantitative estimate of drug-likeness (QED) is 0.670. The smallest absolute Gasteiger partial charge is 0.0426 e. The summed E-state index contributed by atoms with van der Waals surface area (Å²) in [7, 11) is 0. The Morgan fingerprint density at radius 3 is 2.94 bits per heavy atom. The van der Waals surface area contributed by atoms with Crippen molar-refractivity contribution in [3.05, 3.63) is 71.4 Å². The van der Waals surface area contributed by atoms with E-state index in [1.807, 2.05) is 0 Å². The Morgan fingerprint density at radius 2 is 2.06 bits per heavy atom. The van der Waals surface area contributed by atoms with Crippen LogP contribution in [0.15, 0.2) is 71.4 Å². The molecule has 1 nitrogen and oxygen atoms in total. The molecular formula is C16H17N. The SMILES string of the molecule is CC12\C=C/C=C\C=C(/C=C3CC=CC=C31)C2N. The van der Waals surface area contributed by atoms with E-state index in [1.165, 1.54) is 16.7 Å². The lowest BCUT2D eigenvalue weighted by Crippen LogP contribution is -2.44. The van der Waals surface area contributed by atoms with E-state index >= 15 is 0 Å². The van der Waals surface area contributed by atoms with Gasteiger partial charge in [0.2, 0.25) is 0 Å². The van der Waals surface area contributed by atoms with Gasteiger partial charge in [0.25, 0.3) is 0 Å². The fourth-order valence-corrected chi connectivity index (χ4v) is 2.87. The molecule has 2 atom stereocenters. The van der Waals surface area contributed by atoms with Gasteiger partial charge in [-0.15, -0.1) is 0 Å². The first kappa shape index (κ1) is 10.5. The van der Waals surface area contributed by atoms with Crippen LogP contribution in [-0.4, -0.2) is 6.04 Å². The maximum Gasteiger partial charge on any atom is 0.0426 e. The molecule has 3 aliphatic carbocycles. The number of hydrogen-bond donors (Lipinski definition) is 1. The molecule has 0 radical (unpaired) electrons. The first-order valence-electron chi connectivity index (χ1n) is 6.12. The summed E-state index contributed by atoms with van der Waals surface area (Å²) >= 11 is 0. The summed E-state index contributed by atoms with van der Waals surface area (Å²) in [5.41, 5.74) is 10.4. The minimum Gasteiger partial charge on any atom is -0.323 e. The third-order valence-corrected chi connectivity index (χ3v) is 3.96. The summed E-state index contributed by atoms with van der Waals surface area (Å²) in [6.07, 6.45) is 20.4. The summed E-state index contributed by atoms with van der Waals surface area (Å²) in [6.45, 7) is 2.24. The number of nitrogens with two attached hydrogens (primary N) is 1. The van der Waals surface area contributed by atoms with E-state index in [0.717, 1.165) is 6.42 Å². The zero-order valence-corrected chi connectivity index (χ0v) is 10.1. The molecule has 0 spiro atoms. The van der Waals surface area contributed by atoms with Crippen LogP contribution in [0.4, 0.5) is 0 Å². The van der Waals surface area contributed by atoms with Crippen molar-refractivity contribution in [1.29, 1.82) is 0 Å². The van der Waals surface area contributed by atoms with Crippen LogP contribution in [0.5, 0.6) is 0 Å². The van der Waals surface area contributed by atoms with Gasteiger partial charge >= 0.3 is 0 Å². The van der Waals surface area contributed by atoms with Crippen molar-refractivity contribution >= 4 is 0 Å². The molecular weight excluding hydrogens is 206 g/mol. The standard InChI is InChI=1S/C16H17N/c1-16-10-6-2-3-8-13(15(16)17)11-12-7-4-5-9-14(12)16/h2-6,8-11,15H,7,17H2,1H3/b3-2-,10-6-,13-8+. The average Bonchev–Trinajstić information content (AvgIpc) is 2.35. The van der Waals surface area contributed by atoms with Crippen molar-refractivity contribution in [2.45, 2.75) is 19.4 Å². The molecule has 86 valence electrons. The fraction of sp³-hybridized carbons (Fsp3) is 0.250. The van der Waals surface area contributed by atoms with Crippen LogP contribution in [-0.2, 0) is 0 Å². The molecule has 0 saturated carbocycles. The third-order valence-electron chi connectivity index (χ3n) is 3.96. The van der Waals surface area contributed by atoms with E-state index in [0.29, 0.717) is 0 Å². The maximum absolute atomic E-state index is 6.43. The minimum atomic E-state index is -0.0779. The van der Waals surface area contributed by atoms with Gasteiger partial charge in [-0.05, 0) is 23.1 Å². The summed E-state index contributed by atoms with van der Waals surface area (Å²) in [5.74, 6) is 0. The van der Waals surface area contributed by atoms with Crippen molar-refractivity contribution in [3.8, 4) is 0 Å². The number of allylic oxidation sites excluding steroid dienone is 8. The Labute approximate surface area is 102 Å². The predicted octanol–water partition coefficient (Wildman–Crippen LogP) is 3.20. The van der Waals surface area contributed by atoms with Gasteiger partial charge in [-0.2, -0.15) is 0 Å². The third kappa shape index (κ3) is 1.50. The average molecular weight is 223 g/mol. The van der Waals surface area contributed by atoms with Gasteiger partial charge in [0.15, 0.2) is 0 Å². The Bertz CT molecular complexity index is 526. The highest BCUT2D eigenvalue weighted by Crippen LogP contribution is 2.46. The minimum absolute atomic E-state index is 0.0465. The first-order valence-corrected chi connectivity index (χ1v) is 6.12. The second kappa shape index (κ2) is 3.71. The van der Waals surface area contributed by atoms with Crippen molar-refractivity contribution in [1.82, 2.24) is 0 Å². The van der Waals surface area contributed by atoms with Gasteiger partial charge in [-0.25, -0.2) is 0 Å². The molecule has 17 heavy (non-hydrogen) atoms. The number of hydrogen-bond acceptors (Lipinski definition) is 1. The van der Waals surface area contributed by atoms with Gasteiger partial charge in [-0.3, -0.25) is 0 Å². The van der Waals surface area contributed by atoms with E-state index in [1.54, 1.807) is 0 Å². The van der Waals surface area contributed by atoms with E-state index in [2.05, 4.69) is 61.6 Å². The van der Waals surface area contributed by atoms with E-state index in [9.17, 15) is 0 Å². The van der Waals surface area contributed by atoms with Crippen molar-refractivity contribution in [2.75, 3.05) is 0 Å². The van der Waals surface area contributed by atoms with E-state index < -0.39 is 0 Å². The molecule has 2 unspecified atom stereocenters. The van der Waals surface area contributed by atoms with Gasteiger partial charge < -0.3 is 5.73 Å². The van der Waals surface area contributed by atoms with Crippen molar-refractivity contribution in [2.24, 2.45) is 11.1 Å². The second-order valence-electron chi connectivity index (χ2n) is 5.05. The van der Waals surface area contributed by atoms with Crippen LogP contribution in [0.1, 0.15) is 13.3 Å². The zero-order valence-electron chi connectivity index (χ0n) is 10.1. The number of fused-ring (bicyclic) bond motifs is 4. The normalized spacial score (nSPS) is 41.1. The van der Waals surface area contributed by atoms with Gasteiger partial charge in [0.05, 0.1) is 0 Å². The molecule has 0 saturated heterocycles. The van der Waals surface area contributed by atoms with Crippen molar-refractivity contribution < 1.29 is 0 Å². The molecule has 0 amide bonds. The van der Waals surface area contributed by atoms with Crippen molar-refractivity contribution in [3.63, 3.8) is 0 Å². The van der Waals surface area contributed by atoms with Gasteiger partial charge in [-0.1, -0.05) is 61.6 Å². The Kier molecular flexibility index (Phi) is 2.30. The first-order chi connectivity index (χ1) is 8.22.